The summed E-state index contributed by atoms with van der Waals surface area (Å²) in [4.78, 5) is 40.8. The third-order valence-corrected chi connectivity index (χ3v) is 6.75. The number of carbonyl (C=O) groups is 3. The van der Waals surface area contributed by atoms with Gasteiger partial charge in [0.25, 0.3) is 0 Å². The molecule has 0 aliphatic heterocycles. The first-order chi connectivity index (χ1) is 17.8. The predicted molar refractivity (Wildman–Crippen MR) is 140 cm³/mol. The summed E-state index contributed by atoms with van der Waals surface area (Å²) in [5.41, 5.74) is -0.284. The van der Waals surface area contributed by atoms with E-state index in [0.29, 0.717) is 28.4 Å². The molecule has 0 unspecified atom stereocenters. The van der Waals surface area contributed by atoms with Crippen LogP contribution in [0.3, 0.4) is 0 Å². The Bertz CT molecular complexity index is 1290. The lowest BCUT2D eigenvalue weighted by Gasteiger charge is -2.44. The molecule has 0 spiro atoms. The van der Waals surface area contributed by atoms with Gasteiger partial charge < -0.3 is 25.2 Å². The second-order valence-corrected chi connectivity index (χ2v) is 9.27. The molecule has 3 aromatic carbocycles. The highest BCUT2D eigenvalue weighted by molar-refractivity contribution is 6.11. The van der Waals surface area contributed by atoms with Gasteiger partial charge in [0.1, 0.15) is 23.2 Å². The zero-order valence-electron chi connectivity index (χ0n) is 20.9. The maximum Gasteiger partial charge on any atom is 0.235 e. The Kier molecular flexibility index (Phi) is 7.59. The first-order valence-corrected chi connectivity index (χ1v) is 11.9. The summed E-state index contributed by atoms with van der Waals surface area (Å²) in [5, 5.41) is 17.1. The van der Waals surface area contributed by atoms with Crippen molar-refractivity contribution in [1.29, 1.82) is 0 Å². The van der Waals surface area contributed by atoms with E-state index in [-0.39, 0.29) is 6.42 Å². The molecule has 1 aliphatic carbocycles. The van der Waals surface area contributed by atoms with Crippen LogP contribution >= 0.6 is 0 Å². The van der Waals surface area contributed by atoms with Crippen LogP contribution in [0.25, 0.3) is 0 Å². The summed E-state index contributed by atoms with van der Waals surface area (Å²) in [7, 11) is 2.98. The Morgan fingerprint density at radius 3 is 1.84 bits per heavy atom. The van der Waals surface area contributed by atoms with E-state index in [1.807, 2.05) is 0 Å². The van der Waals surface area contributed by atoms with Gasteiger partial charge in [0.2, 0.25) is 11.8 Å². The Morgan fingerprint density at radius 1 is 0.811 bits per heavy atom. The molecule has 0 saturated heterocycles. The lowest BCUT2D eigenvalue weighted by atomic mass is 9.61. The van der Waals surface area contributed by atoms with Gasteiger partial charge >= 0.3 is 0 Å². The number of benzene rings is 3. The van der Waals surface area contributed by atoms with Gasteiger partial charge in [-0.3, -0.25) is 14.4 Å². The van der Waals surface area contributed by atoms with Gasteiger partial charge in [-0.2, -0.15) is 0 Å². The lowest BCUT2D eigenvalue weighted by Crippen LogP contribution is -2.56. The fourth-order valence-electron chi connectivity index (χ4n) is 5.08. The predicted octanol–water partition coefficient (Wildman–Crippen LogP) is 4.02. The quantitative estimate of drug-likeness (QED) is 0.421. The summed E-state index contributed by atoms with van der Waals surface area (Å²) in [6.07, 6.45) is -0.357. The van der Waals surface area contributed by atoms with Crippen LogP contribution in [0.15, 0.2) is 78.9 Å². The molecule has 37 heavy (non-hydrogen) atoms. The third kappa shape index (κ3) is 5.34. The summed E-state index contributed by atoms with van der Waals surface area (Å²) >= 11 is 0. The van der Waals surface area contributed by atoms with E-state index in [4.69, 9.17) is 9.47 Å². The molecule has 8 heteroatoms. The molecule has 1 aliphatic rings. The van der Waals surface area contributed by atoms with Crippen molar-refractivity contribution >= 4 is 29.0 Å². The number of ether oxygens (including phenoxy) is 2. The SMILES string of the molecule is COc1ccccc1NC(=O)[C@@H]1C(=O)C[C@@](C)(O)[C@@H](C(=O)Nc2ccccc2OC)[C@H]1c1ccccc1. The number of amides is 2. The topological polar surface area (TPSA) is 114 Å². The molecule has 3 N–H and O–H groups in total. The molecule has 4 atom stereocenters. The zero-order valence-corrected chi connectivity index (χ0v) is 20.9. The van der Waals surface area contributed by atoms with Gasteiger partial charge in [-0.25, -0.2) is 0 Å². The summed E-state index contributed by atoms with van der Waals surface area (Å²) in [6.45, 7) is 1.46. The number of anilines is 2. The summed E-state index contributed by atoms with van der Waals surface area (Å²) < 4.78 is 10.7. The largest absolute Gasteiger partial charge is 0.495 e. The molecule has 3 aromatic rings. The van der Waals surface area contributed by atoms with Gasteiger partial charge in [0, 0.05) is 12.3 Å². The van der Waals surface area contributed by atoms with Gasteiger partial charge in [0.05, 0.1) is 37.1 Å². The number of methoxy groups -OCH3 is 2. The minimum atomic E-state index is -1.70. The van der Waals surface area contributed by atoms with Crippen LogP contribution in [0.5, 0.6) is 11.5 Å². The number of ketones is 1. The number of aliphatic hydroxyl groups is 1. The summed E-state index contributed by atoms with van der Waals surface area (Å²) in [5.74, 6) is -3.93. The lowest BCUT2D eigenvalue weighted by molar-refractivity contribution is -0.150. The molecule has 2 amide bonds. The number of hydrogen-bond donors (Lipinski definition) is 3. The number of hydrogen-bond acceptors (Lipinski definition) is 6. The van der Waals surface area contributed by atoms with E-state index >= 15 is 0 Å². The van der Waals surface area contributed by atoms with Crippen molar-refractivity contribution in [1.82, 2.24) is 0 Å². The first kappa shape index (κ1) is 25.9. The number of para-hydroxylation sites is 4. The van der Waals surface area contributed by atoms with Gasteiger partial charge in [0.15, 0.2) is 0 Å². The number of carbonyl (C=O) groups excluding carboxylic acids is 3. The molecule has 192 valence electrons. The molecule has 1 saturated carbocycles. The molecule has 0 radical (unpaired) electrons. The van der Waals surface area contributed by atoms with E-state index in [9.17, 15) is 19.5 Å². The van der Waals surface area contributed by atoms with Crippen LogP contribution in [0.1, 0.15) is 24.8 Å². The van der Waals surface area contributed by atoms with Crippen molar-refractivity contribution in [3.8, 4) is 11.5 Å². The van der Waals surface area contributed by atoms with Crippen LogP contribution in [0.2, 0.25) is 0 Å². The van der Waals surface area contributed by atoms with Crippen LogP contribution in [0.4, 0.5) is 11.4 Å². The Balaban J connectivity index is 1.76. The van der Waals surface area contributed by atoms with Crippen molar-refractivity contribution in [3.63, 3.8) is 0 Å². The van der Waals surface area contributed by atoms with Crippen molar-refractivity contribution < 1.29 is 29.0 Å². The smallest absolute Gasteiger partial charge is 0.235 e. The first-order valence-electron chi connectivity index (χ1n) is 11.9. The minimum Gasteiger partial charge on any atom is -0.495 e. The molecule has 8 nitrogen and oxygen atoms in total. The molecule has 0 aromatic heterocycles. The van der Waals surface area contributed by atoms with E-state index in [1.165, 1.54) is 21.1 Å². The van der Waals surface area contributed by atoms with E-state index in [0.717, 1.165) is 0 Å². The van der Waals surface area contributed by atoms with E-state index < -0.39 is 41.0 Å². The average molecular weight is 503 g/mol. The van der Waals surface area contributed by atoms with Gasteiger partial charge in [-0.05, 0) is 36.8 Å². The fourth-order valence-corrected chi connectivity index (χ4v) is 5.08. The monoisotopic (exact) mass is 502 g/mol. The third-order valence-electron chi connectivity index (χ3n) is 6.75. The van der Waals surface area contributed by atoms with Gasteiger partial charge in [-0.15, -0.1) is 0 Å². The average Bonchev–Trinajstić information content (AvgIpc) is 2.88. The van der Waals surface area contributed by atoms with Crippen LogP contribution in [-0.4, -0.2) is 42.5 Å². The van der Waals surface area contributed by atoms with Crippen LogP contribution in [0, 0.1) is 11.8 Å². The standard InChI is InChI=1S/C29H30N2O6/c1-29(35)17-21(32)25(27(33)30-19-13-7-9-15-22(19)36-2)24(18-11-5-4-6-12-18)26(29)28(34)31-20-14-8-10-16-23(20)37-3/h4-16,24-26,35H,17H2,1-3H3,(H,30,33)(H,31,34)/t24-,25+,26+,29+/m0/s1. The van der Waals surface area contributed by atoms with Crippen molar-refractivity contribution in [2.75, 3.05) is 24.9 Å². The molecule has 1 fully saturated rings. The van der Waals surface area contributed by atoms with Gasteiger partial charge in [-0.1, -0.05) is 54.6 Å². The number of nitrogens with one attached hydrogen (secondary N) is 2. The van der Waals surface area contributed by atoms with E-state index in [2.05, 4.69) is 10.6 Å². The maximum atomic E-state index is 13.8. The summed E-state index contributed by atoms with van der Waals surface area (Å²) in [6, 6.07) is 22.6. The minimum absolute atomic E-state index is 0.357. The van der Waals surface area contributed by atoms with Crippen LogP contribution < -0.4 is 20.1 Å². The molecular formula is C29H30N2O6. The molecule has 0 bridgehead atoms. The zero-order chi connectivity index (χ0) is 26.6. The Hall–Kier alpha value is -4.17. The molecule has 0 heterocycles. The Morgan fingerprint density at radius 2 is 1.30 bits per heavy atom. The molecule has 4 rings (SSSR count). The van der Waals surface area contributed by atoms with Crippen LogP contribution in [-0.2, 0) is 14.4 Å². The maximum absolute atomic E-state index is 13.8. The number of Topliss-reactive ketones (excluding diaryl/α,β-unsaturated/α-hetero) is 1. The van der Waals surface area contributed by atoms with Crippen molar-refractivity contribution in [2.45, 2.75) is 24.9 Å². The highest BCUT2D eigenvalue weighted by Crippen LogP contribution is 2.47. The fraction of sp³-hybridized carbons (Fsp3) is 0.276. The highest BCUT2D eigenvalue weighted by Gasteiger charge is 2.56. The Labute approximate surface area is 215 Å². The van der Waals surface area contributed by atoms with Crippen molar-refractivity contribution in [2.24, 2.45) is 11.8 Å². The highest BCUT2D eigenvalue weighted by atomic mass is 16.5. The normalized spacial score (nSPS) is 23.1. The second-order valence-electron chi connectivity index (χ2n) is 9.27. The molecular weight excluding hydrogens is 472 g/mol. The van der Waals surface area contributed by atoms with E-state index in [1.54, 1.807) is 78.9 Å². The van der Waals surface area contributed by atoms with Crippen molar-refractivity contribution in [3.05, 3.63) is 84.4 Å². The number of rotatable bonds is 7. The second kappa shape index (κ2) is 10.8.